The molecule has 1 fully saturated rings. The van der Waals surface area contributed by atoms with E-state index in [4.69, 9.17) is 14.5 Å². The number of amides is 1. The summed E-state index contributed by atoms with van der Waals surface area (Å²) >= 11 is 0. The van der Waals surface area contributed by atoms with Gasteiger partial charge in [0.25, 0.3) is 5.91 Å². The van der Waals surface area contributed by atoms with E-state index >= 15 is 0 Å². The number of anilines is 1. The minimum atomic E-state index is -0.150. The maximum absolute atomic E-state index is 12.6. The van der Waals surface area contributed by atoms with Crippen LogP contribution in [0.25, 0.3) is 0 Å². The zero-order valence-corrected chi connectivity index (χ0v) is 18.0. The fourth-order valence-electron chi connectivity index (χ4n) is 4.29. The molecule has 30 heavy (non-hydrogen) atoms. The number of nitrogens with zero attached hydrogens (tertiary/aromatic N) is 3. The van der Waals surface area contributed by atoms with Gasteiger partial charge in [0.05, 0.1) is 18.8 Å². The summed E-state index contributed by atoms with van der Waals surface area (Å²) in [7, 11) is 1.62. The second-order valence-electron chi connectivity index (χ2n) is 8.90. The number of fused-ring (bicyclic) bond motifs is 1. The lowest BCUT2D eigenvalue weighted by Crippen LogP contribution is -2.39. The van der Waals surface area contributed by atoms with E-state index in [9.17, 15) is 4.79 Å². The number of benzene rings is 1. The van der Waals surface area contributed by atoms with Gasteiger partial charge < -0.3 is 19.7 Å². The summed E-state index contributed by atoms with van der Waals surface area (Å²) in [6, 6.07) is 7.09. The predicted octanol–water partition coefficient (Wildman–Crippen LogP) is 3.29. The summed E-state index contributed by atoms with van der Waals surface area (Å²) in [5.41, 5.74) is 2.12. The van der Waals surface area contributed by atoms with Gasteiger partial charge in [-0.2, -0.15) is 0 Å². The molecule has 1 aromatic heterocycles. The molecule has 1 N–H and O–H groups in total. The lowest BCUT2D eigenvalue weighted by Gasteiger charge is -2.36. The van der Waals surface area contributed by atoms with E-state index in [1.54, 1.807) is 19.2 Å². The van der Waals surface area contributed by atoms with Gasteiger partial charge in [0.15, 0.2) is 6.61 Å². The second kappa shape index (κ2) is 8.50. The minimum absolute atomic E-state index is 0.0364. The van der Waals surface area contributed by atoms with Crippen molar-refractivity contribution in [1.82, 2.24) is 15.3 Å². The Bertz CT molecular complexity index is 892. The summed E-state index contributed by atoms with van der Waals surface area (Å²) < 4.78 is 10.8. The summed E-state index contributed by atoms with van der Waals surface area (Å²) in [4.78, 5) is 24.3. The van der Waals surface area contributed by atoms with E-state index in [-0.39, 0.29) is 24.0 Å². The maximum Gasteiger partial charge on any atom is 0.258 e. The molecule has 2 aliphatic rings. The standard InChI is InChI=1S/C23H30N4O3/c1-23(2)12-19(25-21(28)15-30-17-8-6-16(29-3)7-9-17)18-14-24-22(26-20(18)13-23)27-10-4-5-11-27/h6-9,14,19H,4-5,10-13,15H2,1-3H3,(H,25,28)/t19-/m1/s1. The number of ether oxygens (including phenoxy) is 2. The second-order valence-corrected chi connectivity index (χ2v) is 8.90. The number of carbonyl (C=O) groups excluding carboxylic acids is 1. The molecule has 0 unspecified atom stereocenters. The predicted molar refractivity (Wildman–Crippen MR) is 115 cm³/mol. The van der Waals surface area contributed by atoms with Crippen molar-refractivity contribution in [3.63, 3.8) is 0 Å². The Hall–Kier alpha value is -2.83. The Morgan fingerprint density at radius 3 is 2.60 bits per heavy atom. The van der Waals surface area contributed by atoms with Gasteiger partial charge in [-0.05, 0) is 55.4 Å². The highest BCUT2D eigenvalue weighted by Gasteiger charge is 2.35. The number of rotatable bonds is 6. The van der Waals surface area contributed by atoms with E-state index in [1.807, 2.05) is 18.3 Å². The molecule has 2 heterocycles. The summed E-state index contributed by atoms with van der Waals surface area (Å²) in [5, 5.41) is 3.13. The first kappa shape index (κ1) is 20.4. The Labute approximate surface area is 177 Å². The number of methoxy groups -OCH3 is 1. The average molecular weight is 411 g/mol. The molecule has 1 amide bonds. The van der Waals surface area contributed by atoms with Crippen LogP contribution in [-0.4, -0.2) is 42.7 Å². The Morgan fingerprint density at radius 1 is 1.20 bits per heavy atom. The first-order chi connectivity index (χ1) is 14.4. The van der Waals surface area contributed by atoms with Crippen molar-refractivity contribution in [3.8, 4) is 11.5 Å². The van der Waals surface area contributed by atoms with Crippen LogP contribution in [0.4, 0.5) is 5.95 Å². The molecule has 1 saturated heterocycles. The van der Waals surface area contributed by atoms with Crippen LogP contribution in [0.15, 0.2) is 30.5 Å². The van der Waals surface area contributed by atoms with Crippen LogP contribution in [0.5, 0.6) is 11.5 Å². The van der Waals surface area contributed by atoms with Gasteiger partial charge in [-0.25, -0.2) is 9.97 Å². The molecule has 1 atom stereocenters. The zero-order valence-electron chi connectivity index (χ0n) is 18.0. The van der Waals surface area contributed by atoms with Crippen LogP contribution in [-0.2, 0) is 11.2 Å². The topological polar surface area (TPSA) is 76.6 Å². The molecule has 0 spiro atoms. The van der Waals surface area contributed by atoms with Crippen LogP contribution in [0.3, 0.4) is 0 Å². The molecule has 1 aromatic carbocycles. The highest BCUT2D eigenvalue weighted by Crippen LogP contribution is 2.40. The molecule has 1 aliphatic heterocycles. The number of hydrogen-bond acceptors (Lipinski definition) is 6. The van der Waals surface area contributed by atoms with Crippen molar-refractivity contribution in [2.45, 2.75) is 45.6 Å². The molecule has 0 bridgehead atoms. The Balaban J connectivity index is 1.43. The molecular weight excluding hydrogens is 380 g/mol. The fourth-order valence-corrected chi connectivity index (χ4v) is 4.29. The van der Waals surface area contributed by atoms with E-state index in [1.165, 1.54) is 12.8 Å². The summed E-state index contributed by atoms with van der Waals surface area (Å²) in [6.45, 7) is 6.45. The zero-order chi connectivity index (χ0) is 21.1. The Kier molecular flexibility index (Phi) is 5.79. The van der Waals surface area contributed by atoms with Crippen molar-refractivity contribution in [2.75, 3.05) is 31.7 Å². The first-order valence-electron chi connectivity index (χ1n) is 10.6. The fraction of sp³-hybridized carbons (Fsp3) is 0.522. The third kappa shape index (κ3) is 4.66. The third-order valence-electron chi connectivity index (χ3n) is 5.82. The van der Waals surface area contributed by atoms with E-state index < -0.39 is 0 Å². The van der Waals surface area contributed by atoms with Gasteiger partial charge >= 0.3 is 0 Å². The lowest BCUT2D eigenvalue weighted by molar-refractivity contribution is -0.124. The van der Waals surface area contributed by atoms with Gasteiger partial charge in [-0.1, -0.05) is 13.8 Å². The van der Waals surface area contributed by atoms with Crippen molar-refractivity contribution < 1.29 is 14.3 Å². The van der Waals surface area contributed by atoms with Gasteiger partial charge in [0.1, 0.15) is 11.5 Å². The van der Waals surface area contributed by atoms with Gasteiger partial charge in [-0.15, -0.1) is 0 Å². The van der Waals surface area contributed by atoms with E-state index in [2.05, 4.69) is 29.0 Å². The first-order valence-corrected chi connectivity index (χ1v) is 10.6. The number of carbonyl (C=O) groups is 1. The van der Waals surface area contributed by atoms with Gasteiger partial charge in [0.2, 0.25) is 5.95 Å². The lowest BCUT2D eigenvalue weighted by atomic mass is 9.74. The van der Waals surface area contributed by atoms with Crippen molar-refractivity contribution in [3.05, 3.63) is 41.7 Å². The average Bonchev–Trinajstić information content (AvgIpc) is 3.26. The smallest absolute Gasteiger partial charge is 0.258 e. The largest absolute Gasteiger partial charge is 0.497 e. The molecule has 0 radical (unpaired) electrons. The molecule has 160 valence electrons. The van der Waals surface area contributed by atoms with Crippen molar-refractivity contribution >= 4 is 11.9 Å². The number of nitrogens with one attached hydrogen (secondary N) is 1. The van der Waals surface area contributed by atoms with Crippen molar-refractivity contribution in [1.29, 1.82) is 0 Å². The molecule has 2 aromatic rings. The van der Waals surface area contributed by atoms with Crippen LogP contribution in [0.1, 0.15) is 50.4 Å². The molecule has 7 nitrogen and oxygen atoms in total. The molecule has 1 aliphatic carbocycles. The number of aromatic nitrogens is 2. The van der Waals surface area contributed by atoms with Crippen LogP contribution >= 0.6 is 0 Å². The minimum Gasteiger partial charge on any atom is -0.497 e. The molecular formula is C23H30N4O3. The van der Waals surface area contributed by atoms with E-state index in [0.29, 0.717) is 5.75 Å². The van der Waals surface area contributed by atoms with Crippen LogP contribution in [0.2, 0.25) is 0 Å². The van der Waals surface area contributed by atoms with Crippen molar-refractivity contribution in [2.24, 2.45) is 5.41 Å². The highest BCUT2D eigenvalue weighted by molar-refractivity contribution is 5.78. The van der Waals surface area contributed by atoms with Gasteiger partial charge in [0, 0.05) is 24.8 Å². The van der Waals surface area contributed by atoms with Crippen LogP contribution < -0.4 is 19.7 Å². The summed E-state index contributed by atoms with van der Waals surface area (Å²) in [6.07, 6.45) is 6.03. The monoisotopic (exact) mass is 410 g/mol. The third-order valence-corrected chi connectivity index (χ3v) is 5.82. The highest BCUT2D eigenvalue weighted by atomic mass is 16.5. The van der Waals surface area contributed by atoms with Crippen LogP contribution in [0, 0.1) is 5.41 Å². The number of hydrogen-bond donors (Lipinski definition) is 1. The van der Waals surface area contributed by atoms with E-state index in [0.717, 1.165) is 48.9 Å². The maximum atomic E-state index is 12.6. The molecule has 7 heteroatoms. The molecule has 0 saturated carbocycles. The normalized spacial score (nSPS) is 19.8. The summed E-state index contributed by atoms with van der Waals surface area (Å²) in [5.74, 6) is 2.05. The SMILES string of the molecule is COc1ccc(OCC(=O)N[C@@H]2CC(C)(C)Cc3nc(N4CCCC4)ncc32)cc1. The quantitative estimate of drug-likeness (QED) is 0.788. The van der Waals surface area contributed by atoms with Gasteiger partial charge in [-0.3, -0.25) is 4.79 Å². The Morgan fingerprint density at radius 2 is 1.90 bits per heavy atom. The molecule has 4 rings (SSSR count).